The lowest BCUT2D eigenvalue weighted by atomic mass is 10.2. The molecule has 3 nitrogen and oxygen atoms in total. The van der Waals surface area contributed by atoms with E-state index in [-0.39, 0.29) is 5.91 Å². The highest BCUT2D eigenvalue weighted by Gasteiger charge is 2.37. The van der Waals surface area contributed by atoms with Crippen LogP contribution in [0.5, 0.6) is 0 Å². The third-order valence-electron chi connectivity index (χ3n) is 2.29. The fourth-order valence-corrected chi connectivity index (χ4v) is 1.60. The number of amides is 1. The Balaban J connectivity index is 2.53. The van der Waals surface area contributed by atoms with Gasteiger partial charge in [-0.2, -0.15) is 0 Å². The Hall–Kier alpha value is -0.0900. The van der Waals surface area contributed by atoms with Crippen LogP contribution in [0.25, 0.3) is 0 Å². The zero-order valence-corrected chi connectivity index (χ0v) is 10.6. The molecule has 0 aromatic rings. The lowest BCUT2D eigenvalue weighted by molar-refractivity contribution is -0.134. The number of halogens is 1. The molecule has 0 saturated heterocycles. The Morgan fingerprint density at radius 2 is 2.14 bits per heavy atom. The second-order valence-electron chi connectivity index (χ2n) is 4.19. The molecule has 1 aliphatic carbocycles. The third kappa shape index (κ3) is 3.24. The Morgan fingerprint density at radius 3 is 2.50 bits per heavy atom. The summed E-state index contributed by atoms with van der Waals surface area (Å²) < 4.78 is 4.55. The summed E-state index contributed by atoms with van der Waals surface area (Å²) >= 11 is 3.40. The molecule has 0 aliphatic heterocycles. The van der Waals surface area contributed by atoms with E-state index in [1.807, 2.05) is 18.7 Å². The number of hydrogen-bond donors (Lipinski definition) is 0. The van der Waals surface area contributed by atoms with Crippen LogP contribution in [0.1, 0.15) is 26.7 Å². The van der Waals surface area contributed by atoms with E-state index in [0.29, 0.717) is 19.2 Å². The van der Waals surface area contributed by atoms with Gasteiger partial charge in [0.2, 0.25) is 5.91 Å². The summed E-state index contributed by atoms with van der Waals surface area (Å²) in [7, 11) is 1.66. The van der Waals surface area contributed by atoms with Gasteiger partial charge in [-0.3, -0.25) is 4.79 Å². The van der Waals surface area contributed by atoms with Gasteiger partial charge in [-0.05, 0) is 26.7 Å². The van der Waals surface area contributed by atoms with Crippen molar-refractivity contribution in [2.45, 2.75) is 37.1 Å². The minimum atomic E-state index is -0.455. The lowest BCUT2D eigenvalue weighted by Gasteiger charge is -2.28. The van der Waals surface area contributed by atoms with Crippen molar-refractivity contribution in [3.05, 3.63) is 0 Å². The maximum atomic E-state index is 12.0. The number of ether oxygens (including phenoxy) is 1. The number of alkyl halides is 1. The first kappa shape index (κ1) is 12.0. The van der Waals surface area contributed by atoms with Crippen LogP contribution >= 0.6 is 15.9 Å². The summed E-state index contributed by atoms with van der Waals surface area (Å²) in [5.74, 6) is 0.164. The molecule has 0 atom stereocenters. The molecule has 82 valence electrons. The molecule has 0 N–H and O–H groups in total. The highest BCUT2D eigenvalue weighted by molar-refractivity contribution is 9.10. The molecule has 4 heteroatoms. The van der Waals surface area contributed by atoms with Gasteiger partial charge >= 0.3 is 0 Å². The molecule has 1 fully saturated rings. The second-order valence-corrected chi connectivity index (χ2v) is 6.18. The van der Waals surface area contributed by atoms with Crippen molar-refractivity contribution in [1.82, 2.24) is 4.90 Å². The van der Waals surface area contributed by atoms with Crippen molar-refractivity contribution in [3.63, 3.8) is 0 Å². The second kappa shape index (κ2) is 4.62. The number of nitrogens with zero attached hydrogens (tertiary/aromatic N) is 1. The topological polar surface area (TPSA) is 29.5 Å². The first-order valence-corrected chi connectivity index (χ1v) is 5.75. The van der Waals surface area contributed by atoms with Crippen LogP contribution in [-0.2, 0) is 9.53 Å². The maximum Gasteiger partial charge on any atom is 0.239 e. The molecular formula is C10H18BrNO2. The van der Waals surface area contributed by atoms with Crippen molar-refractivity contribution >= 4 is 21.8 Å². The van der Waals surface area contributed by atoms with E-state index in [1.165, 1.54) is 0 Å². The van der Waals surface area contributed by atoms with Crippen molar-refractivity contribution in [3.8, 4) is 0 Å². The van der Waals surface area contributed by atoms with Gasteiger partial charge in [-0.15, -0.1) is 0 Å². The summed E-state index contributed by atoms with van der Waals surface area (Å²) in [5, 5.41) is 0. The normalized spacial score (nSPS) is 16.9. The molecule has 0 aromatic heterocycles. The van der Waals surface area contributed by atoms with E-state index in [1.54, 1.807) is 7.11 Å². The van der Waals surface area contributed by atoms with E-state index in [0.717, 1.165) is 12.8 Å². The number of rotatable bonds is 5. The standard InChI is InChI=1S/C10H18BrNO2/c1-10(2,11)9(13)12(6-7-14-3)8-4-5-8/h8H,4-7H2,1-3H3. The molecule has 14 heavy (non-hydrogen) atoms. The largest absolute Gasteiger partial charge is 0.383 e. The summed E-state index contributed by atoms with van der Waals surface area (Å²) in [6, 6.07) is 0.453. The minimum Gasteiger partial charge on any atom is -0.383 e. The smallest absolute Gasteiger partial charge is 0.239 e. The monoisotopic (exact) mass is 263 g/mol. The molecule has 0 radical (unpaired) electrons. The fraction of sp³-hybridized carbons (Fsp3) is 0.900. The zero-order chi connectivity index (χ0) is 10.8. The maximum absolute atomic E-state index is 12.0. The average Bonchev–Trinajstić information content (AvgIpc) is 2.86. The van der Waals surface area contributed by atoms with Gasteiger partial charge in [0.25, 0.3) is 0 Å². The van der Waals surface area contributed by atoms with Gasteiger partial charge < -0.3 is 9.64 Å². The lowest BCUT2D eigenvalue weighted by Crippen LogP contribution is -2.44. The fourth-order valence-electron chi connectivity index (χ4n) is 1.37. The van der Waals surface area contributed by atoms with Crippen molar-refractivity contribution in [2.75, 3.05) is 20.3 Å². The predicted octanol–water partition coefficient (Wildman–Crippen LogP) is 1.80. The predicted molar refractivity (Wildman–Crippen MR) is 59.6 cm³/mol. The van der Waals surface area contributed by atoms with E-state index in [2.05, 4.69) is 15.9 Å². The van der Waals surface area contributed by atoms with Gasteiger partial charge in [0.05, 0.1) is 10.9 Å². The van der Waals surface area contributed by atoms with Crippen LogP contribution in [0, 0.1) is 0 Å². The van der Waals surface area contributed by atoms with Gasteiger partial charge in [-0.25, -0.2) is 0 Å². The van der Waals surface area contributed by atoms with Gasteiger partial charge in [0, 0.05) is 19.7 Å². The Bertz CT molecular complexity index is 209. The quantitative estimate of drug-likeness (QED) is 0.708. The minimum absolute atomic E-state index is 0.164. The van der Waals surface area contributed by atoms with Crippen LogP contribution in [-0.4, -0.2) is 41.4 Å². The van der Waals surface area contributed by atoms with Crippen LogP contribution in [0.4, 0.5) is 0 Å². The highest BCUT2D eigenvalue weighted by Crippen LogP contribution is 2.30. The molecule has 0 spiro atoms. The van der Waals surface area contributed by atoms with Crippen LogP contribution in [0.3, 0.4) is 0 Å². The van der Waals surface area contributed by atoms with Crippen LogP contribution < -0.4 is 0 Å². The number of carbonyl (C=O) groups is 1. The van der Waals surface area contributed by atoms with Crippen molar-refractivity contribution in [2.24, 2.45) is 0 Å². The van der Waals surface area contributed by atoms with E-state index in [9.17, 15) is 4.79 Å². The summed E-state index contributed by atoms with van der Waals surface area (Å²) in [6.07, 6.45) is 2.27. The van der Waals surface area contributed by atoms with Gasteiger partial charge in [0.15, 0.2) is 0 Å². The first-order chi connectivity index (χ1) is 6.46. The summed E-state index contributed by atoms with van der Waals surface area (Å²) in [6.45, 7) is 5.09. The van der Waals surface area contributed by atoms with E-state index >= 15 is 0 Å². The van der Waals surface area contributed by atoms with Crippen molar-refractivity contribution < 1.29 is 9.53 Å². The van der Waals surface area contributed by atoms with Crippen LogP contribution in [0.15, 0.2) is 0 Å². The Morgan fingerprint density at radius 1 is 1.57 bits per heavy atom. The Kier molecular flexibility index (Phi) is 3.95. The molecule has 1 amide bonds. The molecule has 1 saturated carbocycles. The number of hydrogen-bond acceptors (Lipinski definition) is 2. The van der Waals surface area contributed by atoms with Gasteiger partial charge in [0.1, 0.15) is 0 Å². The third-order valence-corrected chi connectivity index (χ3v) is 2.63. The average molecular weight is 264 g/mol. The summed E-state index contributed by atoms with van der Waals surface area (Å²) in [4.78, 5) is 13.9. The molecule has 0 bridgehead atoms. The van der Waals surface area contributed by atoms with Crippen molar-refractivity contribution in [1.29, 1.82) is 0 Å². The first-order valence-electron chi connectivity index (χ1n) is 4.95. The Labute approximate surface area is 93.9 Å². The summed E-state index contributed by atoms with van der Waals surface area (Å²) in [5.41, 5.74) is 0. The highest BCUT2D eigenvalue weighted by atomic mass is 79.9. The molecule has 0 aromatic carbocycles. The molecular weight excluding hydrogens is 246 g/mol. The molecule has 0 heterocycles. The number of carbonyl (C=O) groups excluding carboxylic acids is 1. The SMILES string of the molecule is COCCN(C(=O)C(C)(C)Br)C1CC1. The van der Waals surface area contributed by atoms with Gasteiger partial charge in [-0.1, -0.05) is 15.9 Å². The molecule has 1 rings (SSSR count). The molecule has 1 aliphatic rings. The molecule has 0 unspecified atom stereocenters. The zero-order valence-electron chi connectivity index (χ0n) is 9.05. The van der Waals surface area contributed by atoms with E-state index < -0.39 is 4.32 Å². The number of methoxy groups -OCH3 is 1. The van der Waals surface area contributed by atoms with Crippen LogP contribution in [0.2, 0.25) is 0 Å². The van der Waals surface area contributed by atoms with E-state index in [4.69, 9.17) is 4.74 Å².